The van der Waals surface area contributed by atoms with Crippen LogP contribution in [0.2, 0.25) is 0 Å². The number of carbonyl (C=O) groups excluding carboxylic acids is 1. The molecular weight excluding hydrogens is 310 g/mol. The second kappa shape index (κ2) is 5.92. The number of benzene rings is 1. The van der Waals surface area contributed by atoms with Crippen molar-refractivity contribution in [1.82, 2.24) is 20.0 Å². The number of nitrogens with one attached hydrogen (secondary N) is 1. The van der Waals surface area contributed by atoms with Gasteiger partial charge < -0.3 is 0 Å². The second-order valence-electron chi connectivity index (χ2n) is 5.48. The number of nitrogens with zero attached hydrogens (tertiary/aromatic N) is 4. The highest BCUT2D eigenvalue weighted by molar-refractivity contribution is 7.15. The van der Waals surface area contributed by atoms with Gasteiger partial charge in [-0.25, -0.2) is 9.67 Å². The molecule has 0 aliphatic heterocycles. The lowest BCUT2D eigenvalue weighted by atomic mass is 10.2. The smallest absolute Gasteiger partial charge is 0.279 e. The van der Waals surface area contributed by atoms with Crippen molar-refractivity contribution < 1.29 is 4.79 Å². The summed E-state index contributed by atoms with van der Waals surface area (Å²) < 4.78 is 1.66. The number of anilines is 1. The molecule has 1 aliphatic carbocycles. The molecule has 3 aromatic rings. The Balaban J connectivity index is 1.44. The van der Waals surface area contributed by atoms with E-state index in [0.29, 0.717) is 17.4 Å². The summed E-state index contributed by atoms with van der Waals surface area (Å²) in [7, 11) is 0. The van der Waals surface area contributed by atoms with Gasteiger partial charge in [-0.05, 0) is 24.8 Å². The Hall–Kier alpha value is -2.54. The third kappa shape index (κ3) is 3.00. The number of aryl methyl sites for hydroxylation is 2. The van der Waals surface area contributed by atoms with E-state index in [0.717, 1.165) is 30.5 Å². The van der Waals surface area contributed by atoms with Crippen molar-refractivity contribution in [2.75, 3.05) is 5.32 Å². The number of carbonyl (C=O) groups is 1. The molecule has 0 unspecified atom stereocenters. The first kappa shape index (κ1) is 14.1. The lowest BCUT2D eigenvalue weighted by molar-refractivity contribution is 0.102. The molecule has 1 N–H and O–H groups in total. The zero-order valence-corrected chi connectivity index (χ0v) is 13.2. The molecule has 0 saturated carbocycles. The lowest BCUT2D eigenvalue weighted by Crippen LogP contribution is -2.12. The molecule has 2 heterocycles. The third-order valence-corrected chi connectivity index (χ3v) is 4.85. The van der Waals surface area contributed by atoms with E-state index in [4.69, 9.17) is 0 Å². The minimum Gasteiger partial charge on any atom is -0.296 e. The summed E-state index contributed by atoms with van der Waals surface area (Å²) in [6.45, 7) is 0.590. The molecular formula is C16H15N5OS. The van der Waals surface area contributed by atoms with Gasteiger partial charge in [-0.15, -0.1) is 16.4 Å². The van der Waals surface area contributed by atoms with Gasteiger partial charge in [-0.2, -0.15) is 0 Å². The van der Waals surface area contributed by atoms with Gasteiger partial charge in [0.1, 0.15) is 0 Å². The van der Waals surface area contributed by atoms with Crippen LogP contribution in [-0.2, 0) is 19.4 Å². The third-order valence-electron chi connectivity index (χ3n) is 3.77. The molecule has 1 amide bonds. The highest BCUT2D eigenvalue weighted by atomic mass is 32.1. The maximum atomic E-state index is 12.2. The van der Waals surface area contributed by atoms with Gasteiger partial charge in [0.25, 0.3) is 5.91 Å². The Morgan fingerprint density at radius 3 is 2.96 bits per heavy atom. The highest BCUT2D eigenvalue weighted by Crippen LogP contribution is 2.30. The van der Waals surface area contributed by atoms with Crippen molar-refractivity contribution in [3.8, 4) is 0 Å². The molecule has 0 fully saturated rings. The van der Waals surface area contributed by atoms with Crippen molar-refractivity contribution in [1.29, 1.82) is 0 Å². The highest BCUT2D eigenvalue weighted by Gasteiger charge is 2.19. The number of rotatable bonds is 4. The van der Waals surface area contributed by atoms with E-state index >= 15 is 0 Å². The van der Waals surface area contributed by atoms with Gasteiger partial charge in [0.05, 0.1) is 18.4 Å². The fraction of sp³-hybridized carbons (Fsp3) is 0.250. The van der Waals surface area contributed by atoms with Crippen LogP contribution >= 0.6 is 11.3 Å². The summed E-state index contributed by atoms with van der Waals surface area (Å²) in [5, 5.41) is 11.4. The van der Waals surface area contributed by atoms with Gasteiger partial charge >= 0.3 is 0 Å². The van der Waals surface area contributed by atoms with Gasteiger partial charge in [-0.1, -0.05) is 35.5 Å². The summed E-state index contributed by atoms with van der Waals surface area (Å²) in [5.74, 6) is -0.267. The fourth-order valence-electron chi connectivity index (χ4n) is 2.66. The van der Waals surface area contributed by atoms with Crippen LogP contribution in [-0.4, -0.2) is 25.9 Å². The Kier molecular flexibility index (Phi) is 3.63. The van der Waals surface area contributed by atoms with Crippen LogP contribution in [0.15, 0.2) is 36.5 Å². The largest absolute Gasteiger partial charge is 0.296 e. The van der Waals surface area contributed by atoms with Gasteiger partial charge in [0.2, 0.25) is 0 Å². The predicted octanol–water partition coefficient (Wildman–Crippen LogP) is 2.52. The summed E-state index contributed by atoms with van der Waals surface area (Å²) in [4.78, 5) is 18.0. The summed E-state index contributed by atoms with van der Waals surface area (Å²) >= 11 is 1.56. The van der Waals surface area contributed by atoms with Crippen LogP contribution < -0.4 is 5.32 Å². The number of hydrogen-bond acceptors (Lipinski definition) is 5. The Bertz CT molecular complexity index is 818. The minimum absolute atomic E-state index is 0.267. The number of hydrogen-bond donors (Lipinski definition) is 1. The van der Waals surface area contributed by atoms with Crippen molar-refractivity contribution in [2.24, 2.45) is 0 Å². The summed E-state index contributed by atoms with van der Waals surface area (Å²) in [6.07, 6.45) is 4.89. The number of thiazole rings is 1. The molecule has 23 heavy (non-hydrogen) atoms. The van der Waals surface area contributed by atoms with E-state index in [9.17, 15) is 4.79 Å². The molecule has 0 spiro atoms. The Morgan fingerprint density at radius 1 is 1.26 bits per heavy atom. The Morgan fingerprint density at radius 2 is 2.13 bits per heavy atom. The molecule has 0 radical (unpaired) electrons. The average molecular weight is 325 g/mol. The minimum atomic E-state index is -0.267. The SMILES string of the molecule is O=C(Nc1nc2c(s1)CCC2)c1cn(Cc2ccccc2)nn1. The molecule has 0 atom stereocenters. The van der Waals surface area contributed by atoms with E-state index in [1.807, 2.05) is 30.3 Å². The molecule has 7 heteroatoms. The van der Waals surface area contributed by atoms with Crippen molar-refractivity contribution in [2.45, 2.75) is 25.8 Å². The molecule has 0 bridgehead atoms. The molecule has 2 aromatic heterocycles. The predicted molar refractivity (Wildman–Crippen MR) is 87.7 cm³/mol. The van der Waals surface area contributed by atoms with Crippen molar-refractivity contribution in [3.63, 3.8) is 0 Å². The molecule has 1 aliphatic rings. The van der Waals surface area contributed by atoms with Crippen molar-refractivity contribution >= 4 is 22.4 Å². The number of fused-ring (bicyclic) bond motifs is 1. The standard InChI is InChI=1S/C16H15N5OS/c22-15(18-16-17-12-7-4-8-14(12)23-16)13-10-21(20-19-13)9-11-5-2-1-3-6-11/h1-3,5-6,10H,4,7-9H2,(H,17,18,22). The van der Waals surface area contributed by atoms with Crippen LogP contribution in [0.4, 0.5) is 5.13 Å². The van der Waals surface area contributed by atoms with Crippen LogP contribution in [0.3, 0.4) is 0 Å². The van der Waals surface area contributed by atoms with Crippen LogP contribution in [0.5, 0.6) is 0 Å². The van der Waals surface area contributed by atoms with Gasteiger partial charge in [0.15, 0.2) is 10.8 Å². The molecule has 116 valence electrons. The second-order valence-corrected chi connectivity index (χ2v) is 6.57. The monoisotopic (exact) mass is 325 g/mol. The molecule has 1 aromatic carbocycles. The number of amides is 1. The zero-order chi connectivity index (χ0) is 15.6. The van der Waals surface area contributed by atoms with E-state index in [1.165, 1.54) is 4.88 Å². The van der Waals surface area contributed by atoms with Gasteiger partial charge in [0, 0.05) is 4.88 Å². The van der Waals surface area contributed by atoms with E-state index in [1.54, 1.807) is 22.2 Å². The van der Waals surface area contributed by atoms with E-state index in [2.05, 4.69) is 20.6 Å². The summed E-state index contributed by atoms with van der Waals surface area (Å²) in [6, 6.07) is 9.94. The summed E-state index contributed by atoms with van der Waals surface area (Å²) in [5.41, 5.74) is 2.54. The number of aromatic nitrogens is 4. The van der Waals surface area contributed by atoms with Crippen molar-refractivity contribution in [3.05, 3.63) is 58.4 Å². The first-order chi connectivity index (χ1) is 11.3. The van der Waals surface area contributed by atoms with Crippen LogP contribution in [0, 0.1) is 0 Å². The fourth-order valence-corrected chi connectivity index (χ4v) is 3.70. The lowest BCUT2D eigenvalue weighted by Gasteiger charge is -1.99. The maximum Gasteiger partial charge on any atom is 0.279 e. The maximum absolute atomic E-state index is 12.2. The Labute approximate surface area is 137 Å². The quantitative estimate of drug-likeness (QED) is 0.800. The van der Waals surface area contributed by atoms with E-state index < -0.39 is 0 Å². The van der Waals surface area contributed by atoms with E-state index in [-0.39, 0.29) is 5.91 Å². The molecule has 0 saturated heterocycles. The zero-order valence-electron chi connectivity index (χ0n) is 12.4. The normalized spacial score (nSPS) is 13.0. The average Bonchev–Trinajstić information content (AvgIpc) is 3.24. The molecule has 6 nitrogen and oxygen atoms in total. The first-order valence-corrected chi connectivity index (χ1v) is 8.33. The van der Waals surface area contributed by atoms with Gasteiger partial charge in [-0.3, -0.25) is 10.1 Å². The topological polar surface area (TPSA) is 72.7 Å². The van der Waals surface area contributed by atoms with Crippen LogP contribution in [0.1, 0.15) is 33.0 Å². The van der Waals surface area contributed by atoms with Crippen LogP contribution in [0.25, 0.3) is 0 Å². The first-order valence-electron chi connectivity index (χ1n) is 7.52. The molecule has 4 rings (SSSR count).